The summed E-state index contributed by atoms with van der Waals surface area (Å²) in [5.74, 6) is 1.23. The largest absolute Gasteiger partial charge is 0.507 e. The molecule has 0 radical (unpaired) electrons. The molecule has 7 nitrogen and oxygen atoms in total. The van der Waals surface area contributed by atoms with E-state index in [2.05, 4.69) is 27.0 Å². The van der Waals surface area contributed by atoms with Crippen LogP contribution < -0.4 is 9.64 Å². The molecule has 3 aromatic rings. The first-order valence-electron chi connectivity index (χ1n) is 11.9. The maximum atomic E-state index is 15.7. The van der Waals surface area contributed by atoms with Crippen molar-refractivity contribution in [3.05, 3.63) is 48.7 Å². The topological polar surface area (TPSA) is 74.6 Å². The van der Waals surface area contributed by atoms with Crippen molar-refractivity contribution in [2.45, 2.75) is 56.4 Å². The molecule has 4 heterocycles. The van der Waals surface area contributed by atoms with Gasteiger partial charge in [0.25, 0.3) is 0 Å². The standard InChI is InChI=1S/C27H32FN5O2/c1-26-11-12-27(2,33(26)4)25(28)21(16-26)32(3)23-9-8-20(30-31-23)19-7-6-17(14-22(19)34)18-10-13-29-24(15-18)35-5/h6-10,13-15,21,25,34H,11-12,16H2,1-5H3/t21-,25-,26-,27+/m1/s1. The number of fused-ring (bicyclic) bond motifs is 2. The van der Waals surface area contributed by atoms with Gasteiger partial charge in [-0.15, -0.1) is 10.2 Å². The number of benzene rings is 1. The second kappa shape index (κ2) is 8.45. The number of aromatic nitrogens is 3. The molecule has 2 aromatic heterocycles. The van der Waals surface area contributed by atoms with E-state index in [0.717, 1.165) is 30.4 Å². The molecule has 4 atom stereocenters. The van der Waals surface area contributed by atoms with Gasteiger partial charge >= 0.3 is 0 Å². The number of aromatic hydroxyl groups is 1. The van der Waals surface area contributed by atoms with Crippen molar-refractivity contribution in [3.8, 4) is 34.0 Å². The quantitative estimate of drug-likeness (QED) is 0.570. The monoisotopic (exact) mass is 477 g/mol. The summed E-state index contributed by atoms with van der Waals surface area (Å²) in [7, 11) is 5.51. The van der Waals surface area contributed by atoms with Crippen LogP contribution in [0, 0.1) is 0 Å². The number of phenols is 1. The lowest BCUT2D eigenvalue weighted by atomic mass is 9.80. The van der Waals surface area contributed by atoms with Gasteiger partial charge in [0.05, 0.1) is 24.4 Å². The van der Waals surface area contributed by atoms with E-state index in [1.807, 2.05) is 62.3 Å². The molecule has 2 saturated heterocycles. The third kappa shape index (κ3) is 3.80. The lowest BCUT2D eigenvalue weighted by Gasteiger charge is -2.53. The van der Waals surface area contributed by atoms with Crippen LogP contribution in [-0.4, -0.2) is 69.7 Å². The summed E-state index contributed by atoms with van der Waals surface area (Å²) in [5.41, 5.74) is 2.37. The smallest absolute Gasteiger partial charge is 0.213 e. The van der Waals surface area contributed by atoms with Gasteiger partial charge in [-0.05, 0) is 81.6 Å². The first kappa shape index (κ1) is 23.5. The Morgan fingerprint density at radius 1 is 1.09 bits per heavy atom. The normalized spacial score (nSPS) is 28.2. The zero-order valence-electron chi connectivity index (χ0n) is 20.9. The highest BCUT2D eigenvalue weighted by Crippen LogP contribution is 2.51. The Labute approximate surface area is 205 Å². The van der Waals surface area contributed by atoms with Crippen LogP contribution in [-0.2, 0) is 0 Å². The predicted molar refractivity (Wildman–Crippen MR) is 134 cm³/mol. The van der Waals surface area contributed by atoms with Crippen LogP contribution in [0.4, 0.5) is 10.2 Å². The molecule has 2 aliphatic heterocycles. The van der Waals surface area contributed by atoms with Crippen molar-refractivity contribution in [3.63, 3.8) is 0 Å². The minimum atomic E-state index is -0.988. The maximum absolute atomic E-state index is 15.7. The first-order chi connectivity index (χ1) is 16.7. The van der Waals surface area contributed by atoms with Crippen molar-refractivity contribution in [2.24, 2.45) is 0 Å². The van der Waals surface area contributed by atoms with E-state index in [9.17, 15) is 5.11 Å². The van der Waals surface area contributed by atoms with E-state index < -0.39 is 11.7 Å². The highest BCUT2D eigenvalue weighted by molar-refractivity contribution is 5.74. The minimum absolute atomic E-state index is 0.0179. The third-order valence-corrected chi connectivity index (χ3v) is 8.39. The number of phenolic OH excluding ortho intramolecular Hbond substituents is 1. The number of nitrogens with zero attached hydrogens (tertiary/aromatic N) is 5. The number of ether oxygens (including phenoxy) is 1. The van der Waals surface area contributed by atoms with E-state index in [1.165, 1.54) is 0 Å². The van der Waals surface area contributed by atoms with E-state index in [1.54, 1.807) is 19.4 Å². The van der Waals surface area contributed by atoms with Gasteiger partial charge < -0.3 is 14.7 Å². The number of rotatable bonds is 5. The van der Waals surface area contributed by atoms with Gasteiger partial charge in [-0.2, -0.15) is 0 Å². The molecule has 0 amide bonds. The highest BCUT2D eigenvalue weighted by atomic mass is 19.1. The molecular weight excluding hydrogens is 445 g/mol. The Morgan fingerprint density at radius 2 is 1.86 bits per heavy atom. The predicted octanol–water partition coefficient (Wildman–Crippen LogP) is 4.71. The fraction of sp³-hybridized carbons (Fsp3) is 0.444. The molecule has 2 bridgehead atoms. The summed E-state index contributed by atoms with van der Waals surface area (Å²) in [6.45, 7) is 4.26. The van der Waals surface area contributed by atoms with Gasteiger partial charge in [0, 0.05) is 30.4 Å². The summed E-state index contributed by atoms with van der Waals surface area (Å²) < 4.78 is 20.9. The molecule has 0 saturated carbocycles. The Morgan fingerprint density at radius 3 is 2.54 bits per heavy atom. The summed E-state index contributed by atoms with van der Waals surface area (Å²) in [5, 5.41) is 19.5. The average Bonchev–Trinajstić information content (AvgIpc) is 3.04. The Hall–Kier alpha value is -3.26. The molecule has 1 aromatic carbocycles. The molecular formula is C27H32FN5O2. The molecule has 0 spiro atoms. The van der Waals surface area contributed by atoms with Crippen molar-refractivity contribution in [2.75, 3.05) is 26.1 Å². The Balaban J connectivity index is 1.37. The number of hydrogen-bond acceptors (Lipinski definition) is 7. The van der Waals surface area contributed by atoms with E-state index in [0.29, 0.717) is 23.0 Å². The van der Waals surface area contributed by atoms with Gasteiger partial charge in [0.15, 0.2) is 5.82 Å². The number of alkyl halides is 1. The summed E-state index contributed by atoms with van der Waals surface area (Å²) in [6.07, 6.45) is 3.27. The van der Waals surface area contributed by atoms with E-state index in [-0.39, 0.29) is 17.3 Å². The molecule has 2 fully saturated rings. The van der Waals surface area contributed by atoms with Crippen LogP contribution in [0.1, 0.15) is 33.1 Å². The molecule has 35 heavy (non-hydrogen) atoms. The zero-order chi connectivity index (χ0) is 25.0. The zero-order valence-corrected chi connectivity index (χ0v) is 20.9. The second-order valence-electron chi connectivity index (χ2n) is 10.3. The average molecular weight is 478 g/mol. The van der Waals surface area contributed by atoms with Crippen molar-refractivity contribution in [1.82, 2.24) is 20.1 Å². The van der Waals surface area contributed by atoms with Gasteiger partial charge in [0.2, 0.25) is 5.88 Å². The molecule has 1 N–H and O–H groups in total. The Bertz CT molecular complexity index is 1240. The maximum Gasteiger partial charge on any atom is 0.213 e. The van der Waals surface area contributed by atoms with Crippen LogP contribution in [0.2, 0.25) is 0 Å². The highest BCUT2D eigenvalue weighted by Gasteiger charge is 2.60. The van der Waals surface area contributed by atoms with Gasteiger partial charge in [-0.3, -0.25) is 4.90 Å². The summed E-state index contributed by atoms with van der Waals surface area (Å²) in [4.78, 5) is 8.28. The van der Waals surface area contributed by atoms with E-state index in [4.69, 9.17) is 4.74 Å². The van der Waals surface area contributed by atoms with Crippen molar-refractivity contribution >= 4 is 5.82 Å². The number of halogens is 1. The van der Waals surface area contributed by atoms with Crippen LogP contribution in [0.25, 0.3) is 22.4 Å². The summed E-state index contributed by atoms with van der Waals surface area (Å²) in [6, 6.07) is 12.5. The van der Waals surface area contributed by atoms with E-state index >= 15 is 4.39 Å². The number of anilines is 1. The molecule has 184 valence electrons. The van der Waals surface area contributed by atoms with Crippen LogP contribution >= 0.6 is 0 Å². The SMILES string of the molecule is COc1cc(-c2ccc(-c3ccc(N(C)[C@@H]4C[C@@]5(C)CC[C@@](C)([C@@H]4F)N5C)nn3)c(O)c2)ccn1. The van der Waals surface area contributed by atoms with Crippen LogP contribution in [0.5, 0.6) is 11.6 Å². The first-order valence-corrected chi connectivity index (χ1v) is 11.9. The summed E-state index contributed by atoms with van der Waals surface area (Å²) >= 11 is 0. The lowest BCUT2D eigenvalue weighted by molar-refractivity contribution is -0.0359. The molecule has 0 unspecified atom stereocenters. The molecule has 2 aliphatic rings. The fourth-order valence-corrected chi connectivity index (χ4v) is 5.79. The number of pyridine rings is 1. The number of piperidine rings is 1. The molecule has 5 rings (SSSR count). The fourth-order valence-electron chi connectivity index (χ4n) is 5.79. The minimum Gasteiger partial charge on any atom is -0.507 e. The van der Waals surface area contributed by atoms with Crippen LogP contribution in [0.3, 0.4) is 0 Å². The Kier molecular flexibility index (Phi) is 5.67. The van der Waals surface area contributed by atoms with Crippen molar-refractivity contribution in [1.29, 1.82) is 0 Å². The molecule has 0 aliphatic carbocycles. The van der Waals surface area contributed by atoms with Crippen molar-refractivity contribution < 1.29 is 14.2 Å². The van der Waals surface area contributed by atoms with Gasteiger partial charge in [-0.1, -0.05) is 6.07 Å². The van der Waals surface area contributed by atoms with Gasteiger partial charge in [-0.25, -0.2) is 9.37 Å². The number of methoxy groups -OCH3 is 1. The van der Waals surface area contributed by atoms with Gasteiger partial charge in [0.1, 0.15) is 11.9 Å². The second-order valence-corrected chi connectivity index (χ2v) is 10.3. The number of hydrogen-bond donors (Lipinski definition) is 1. The third-order valence-electron chi connectivity index (χ3n) is 8.39. The molecule has 8 heteroatoms. The lowest BCUT2D eigenvalue weighted by Crippen LogP contribution is -2.66. The van der Waals surface area contributed by atoms with Crippen LogP contribution in [0.15, 0.2) is 48.7 Å².